The normalized spacial score (nSPS) is 10.7. The van der Waals surface area contributed by atoms with Crippen LogP contribution in [0.5, 0.6) is 0 Å². The third-order valence-corrected chi connectivity index (χ3v) is 3.65. The van der Waals surface area contributed by atoms with Crippen molar-refractivity contribution in [2.24, 2.45) is 0 Å². The number of carboxylic acids is 1. The molecular formula is C16H15NO3S. The molecule has 0 saturated heterocycles. The Balaban J connectivity index is 2.14. The second-order valence-electron chi connectivity index (χ2n) is 4.32. The Bertz CT molecular complexity index is 620. The molecule has 0 aliphatic rings. The number of rotatable bonds is 6. The van der Waals surface area contributed by atoms with Crippen LogP contribution >= 0.6 is 11.3 Å². The van der Waals surface area contributed by atoms with Crippen molar-refractivity contribution in [2.75, 3.05) is 11.4 Å². The van der Waals surface area contributed by atoms with Crippen LogP contribution in [-0.2, 0) is 9.59 Å². The van der Waals surface area contributed by atoms with Crippen LogP contribution in [0.4, 0.5) is 5.69 Å². The molecule has 1 aromatic carbocycles. The number of thiophene rings is 1. The van der Waals surface area contributed by atoms with E-state index >= 15 is 0 Å². The highest BCUT2D eigenvalue weighted by Gasteiger charge is 2.14. The lowest BCUT2D eigenvalue weighted by molar-refractivity contribution is -0.136. The summed E-state index contributed by atoms with van der Waals surface area (Å²) in [5, 5.41) is 10.8. The molecule has 0 saturated carbocycles. The molecule has 2 rings (SSSR count). The van der Waals surface area contributed by atoms with E-state index in [1.54, 1.807) is 18.2 Å². The molecule has 4 nitrogen and oxygen atoms in total. The lowest BCUT2D eigenvalue weighted by Crippen LogP contribution is -2.31. The van der Waals surface area contributed by atoms with Crippen molar-refractivity contribution in [3.8, 4) is 0 Å². The second-order valence-corrected chi connectivity index (χ2v) is 5.30. The van der Waals surface area contributed by atoms with E-state index in [0.717, 1.165) is 4.88 Å². The summed E-state index contributed by atoms with van der Waals surface area (Å²) >= 11 is 1.54. The first-order chi connectivity index (χ1) is 10.2. The van der Waals surface area contributed by atoms with Gasteiger partial charge in [0.1, 0.15) is 0 Å². The molecule has 21 heavy (non-hydrogen) atoms. The van der Waals surface area contributed by atoms with Crippen LogP contribution in [0.1, 0.15) is 11.3 Å². The number of para-hydroxylation sites is 1. The fourth-order valence-electron chi connectivity index (χ4n) is 1.81. The van der Waals surface area contributed by atoms with E-state index in [9.17, 15) is 9.59 Å². The third kappa shape index (κ3) is 4.57. The first kappa shape index (κ1) is 15.0. The molecule has 1 amide bonds. The monoisotopic (exact) mass is 301 g/mol. The maximum atomic E-state index is 12.3. The number of nitrogens with zero attached hydrogens (tertiary/aromatic N) is 1. The van der Waals surface area contributed by atoms with Crippen LogP contribution in [0.3, 0.4) is 0 Å². The van der Waals surface area contributed by atoms with Gasteiger partial charge in [-0.3, -0.25) is 9.59 Å². The number of hydrogen-bond acceptors (Lipinski definition) is 3. The van der Waals surface area contributed by atoms with Gasteiger partial charge in [0, 0.05) is 23.2 Å². The van der Waals surface area contributed by atoms with Gasteiger partial charge in [-0.2, -0.15) is 0 Å². The Morgan fingerprint density at radius 1 is 1.14 bits per heavy atom. The van der Waals surface area contributed by atoms with Gasteiger partial charge < -0.3 is 10.0 Å². The van der Waals surface area contributed by atoms with E-state index in [4.69, 9.17) is 5.11 Å². The van der Waals surface area contributed by atoms with Crippen molar-refractivity contribution < 1.29 is 14.7 Å². The fraction of sp³-hybridized carbons (Fsp3) is 0.125. The first-order valence-electron chi connectivity index (χ1n) is 6.47. The van der Waals surface area contributed by atoms with Gasteiger partial charge in [-0.1, -0.05) is 24.3 Å². The van der Waals surface area contributed by atoms with Crippen LogP contribution in [0, 0.1) is 0 Å². The van der Waals surface area contributed by atoms with Crippen LogP contribution in [0.15, 0.2) is 53.9 Å². The molecule has 0 bridgehead atoms. The number of carbonyl (C=O) groups excluding carboxylic acids is 1. The number of carbonyl (C=O) groups is 2. The Kier molecular flexibility index (Phi) is 5.29. The minimum atomic E-state index is -0.925. The predicted molar refractivity (Wildman–Crippen MR) is 84.4 cm³/mol. The molecule has 0 fully saturated rings. The largest absolute Gasteiger partial charge is 0.481 e. The lowest BCUT2D eigenvalue weighted by atomic mass is 10.2. The van der Waals surface area contributed by atoms with Crippen molar-refractivity contribution in [2.45, 2.75) is 6.42 Å². The van der Waals surface area contributed by atoms with Gasteiger partial charge in [-0.25, -0.2) is 0 Å². The van der Waals surface area contributed by atoms with Gasteiger partial charge in [-0.15, -0.1) is 11.3 Å². The van der Waals surface area contributed by atoms with Crippen molar-refractivity contribution in [1.29, 1.82) is 0 Å². The zero-order valence-corrected chi connectivity index (χ0v) is 12.1. The van der Waals surface area contributed by atoms with Gasteiger partial charge in [0.25, 0.3) is 5.91 Å². The zero-order valence-electron chi connectivity index (χ0n) is 11.3. The van der Waals surface area contributed by atoms with Crippen molar-refractivity contribution in [3.63, 3.8) is 0 Å². The first-order valence-corrected chi connectivity index (χ1v) is 7.35. The van der Waals surface area contributed by atoms with Gasteiger partial charge in [0.15, 0.2) is 0 Å². The summed E-state index contributed by atoms with van der Waals surface area (Å²) in [5.41, 5.74) is 0.694. The minimum absolute atomic E-state index is 0.0898. The predicted octanol–water partition coefficient (Wildman–Crippen LogP) is 3.27. The van der Waals surface area contributed by atoms with Crippen LogP contribution in [0.25, 0.3) is 6.08 Å². The lowest BCUT2D eigenvalue weighted by Gasteiger charge is -2.20. The number of carboxylic acid groups (broad SMARTS) is 1. The molecule has 1 heterocycles. The van der Waals surface area contributed by atoms with Crippen molar-refractivity contribution in [1.82, 2.24) is 0 Å². The highest BCUT2D eigenvalue weighted by atomic mass is 32.1. The summed E-state index contributed by atoms with van der Waals surface area (Å²) in [4.78, 5) is 25.5. The molecule has 5 heteroatoms. The molecule has 1 aromatic heterocycles. The van der Waals surface area contributed by atoms with E-state index in [-0.39, 0.29) is 18.9 Å². The molecule has 108 valence electrons. The van der Waals surface area contributed by atoms with Gasteiger partial charge >= 0.3 is 5.97 Å². The second kappa shape index (κ2) is 7.40. The van der Waals surface area contributed by atoms with E-state index in [1.807, 2.05) is 35.7 Å². The fourth-order valence-corrected chi connectivity index (χ4v) is 2.43. The Morgan fingerprint density at radius 3 is 2.52 bits per heavy atom. The summed E-state index contributed by atoms with van der Waals surface area (Å²) in [6, 6.07) is 12.9. The van der Waals surface area contributed by atoms with Crippen molar-refractivity contribution in [3.05, 3.63) is 58.8 Å². The molecular weight excluding hydrogens is 286 g/mol. The van der Waals surface area contributed by atoms with Crippen LogP contribution in [0.2, 0.25) is 0 Å². The molecule has 0 spiro atoms. The molecule has 0 atom stereocenters. The molecule has 0 radical (unpaired) electrons. The molecule has 0 unspecified atom stereocenters. The van der Waals surface area contributed by atoms with E-state index in [0.29, 0.717) is 5.69 Å². The average molecular weight is 301 g/mol. The highest BCUT2D eigenvalue weighted by Crippen LogP contribution is 2.16. The maximum absolute atomic E-state index is 12.3. The van der Waals surface area contributed by atoms with E-state index < -0.39 is 5.97 Å². The summed E-state index contributed by atoms with van der Waals surface area (Å²) in [5.74, 6) is -1.15. The highest BCUT2D eigenvalue weighted by molar-refractivity contribution is 7.10. The summed E-state index contributed by atoms with van der Waals surface area (Å²) in [7, 11) is 0. The topological polar surface area (TPSA) is 57.6 Å². The van der Waals surface area contributed by atoms with E-state index in [1.165, 1.54) is 22.3 Å². The zero-order chi connectivity index (χ0) is 15.1. The number of aliphatic carboxylic acids is 1. The number of amides is 1. The average Bonchev–Trinajstić information content (AvgIpc) is 2.99. The standard InChI is InChI=1S/C16H15NO3S/c18-15(9-8-14-7-4-12-21-14)17(11-10-16(19)20)13-5-2-1-3-6-13/h1-9,12H,10-11H2,(H,19,20)/b9-8+. The number of benzene rings is 1. The Hall–Kier alpha value is -2.40. The van der Waals surface area contributed by atoms with Gasteiger partial charge in [-0.05, 0) is 29.7 Å². The molecule has 2 aromatic rings. The number of anilines is 1. The smallest absolute Gasteiger partial charge is 0.305 e. The molecule has 0 aliphatic heterocycles. The SMILES string of the molecule is O=C(O)CCN(C(=O)/C=C/c1cccs1)c1ccccc1. The van der Waals surface area contributed by atoms with E-state index in [2.05, 4.69) is 0 Å². The Morgan fingerprint density at radius 2 is 1.90 bits per heavy atom. The Labute approximate surface area is 127 Å². The number of hydrogen-bond donors (Lipinski definition) is 1. The minimum Gasteiger partial charge on any atom is -0.481 e. The van der Waals surface area contributed by atoms with Gasteiger partial charge in [0.05, 0.1) is 6.42 Å². The summed E-state index contributed by atoms with van der Waals surface area (Å²) < 4.78 is 0. The van der Waals surface area contributed by atoms with Crippen LogP contribution < -0.4 is 4.90 Å². The summed E-state index contributed by atoms with van der Waals surface area (Å²) in [6.45, 7) is 0.146. The van der Waals surface area contributed by atoms with Crippen molar-refractivity contribution >= 4 is 35.0 Å². The van der Waals surface area contributed by atoms with Crippen LogP contribution in [-0.4, -0.2) is 23.5 Å². The third-order valence-electron chi connectivity index (χ3n) is 2.82. The quantitative estimate of drug-likeness (QED) is 0.833. The molecule has 0 aliphatic carbocycles. The maximum Gasteiger partial charge on any atom is 0.305 e. The molecule has 1 N–H and O–H groups in total. The van der Waals surface area contributed by atoms with Gasteiger partial charge in [0.2, 0.25) is 0 Å². The summed E-state index contributed by atoms with van der Waals surface area (Å²) in [6.07, 6.45) is 3.12.